The first-order valence-corrected chi connectivity index (χ1v) is 12.0. The molecule has 1 saturated heterocycles. The standard InChI is InChI=1S/C26H31ClFN3O2/c1-16-20(11-18-7-9-31(10-8-18)26(33)19-5-3-4-6-19)12-22(27)14-24(16)30-25(32)21-13-23(28)17(2)29-15-21/h11-15,19,25,30,32H,3-10H2,1-2H3. The Morgan fingerprint density at radius 1 is 1.24 bits per heavy atom. The van der Waals surface area contributed by atoms with E-state index in [-0.39, 0.29) is 11.6 Å². The number of nitrogens with one attached hydrogen (secondary N) is 1. The molecule has 1 amide bonds. The number of aryl methyl sites for hydroxylation is 1. The number of amides is 1. The first-order chi connectivity index (χ1) is 15.8. The zero-order valence-electron chi connectivity index (χ0n) is 19.2. The van der Waals surface area contributed by atoms with Gasteiger partial charge in [0.05, 0.1) is 5.69 Å². The van der Waals surface area contributed by atoms with Crippen LogP contribution in [0.3, 0.4) is 0 Å². The van der Waals surface area contributed by atoms with Crippen LogP contribution in [0.25, 0.3) is 6.08 Å². The van der Waals surface area contributed by atoms with Gasteiger partial charge in [-0.15, -0.1) is 0 Å². The Kier molecular flexibility index (Phi) is 7.35. The number of anilines is 1. The van der Waals surface area contributed by atoms with Gasteiger partial charge >= 0.3 is 0 Å². The number of pyridine rings is 1. The van der Waals surface area contributed by atoms with Gasteiger partial charge in [0.25, 0.3) is 0 Å². The molecule has 1 aromatic carbocycles. The second-order valence-corrected chi connectivity index (χ2v) is 9.60. The Balaban J connectivity index is 1.46. The molecule has 33 heavy (non-hydrogen) atoms. The van der Waals surface area contributed by atoms with E-state index in [1.807, 2.05) is 17.9 Å². The quantitative estimate of drug-likeness (QED) is 0.541. The smallest absolute Gasteiger partial charge is 0.225 e. The van der Waals surface area contributed by atoms with E-state index in [0.717, 1.165) is 49.9 Å². The Hall–Kier alpha value is -2.44. The monoisotopic (exact) mass is 471 g/mol. The number of hydrogen-bond donors (Lipinski definition) is 2. The highest BCUT2D eigenvalue weighted by Gasteiger charge is 2.28. The largest absolute Gasteiger partial charge is 0.369 e. The zero-order chi connectivity index (χ0) is 23.5. The van der Waals surface area contributed by atoms with Crippen LogP contribution in [0.2, 0.25) is 5.02 Å². The predicted octanol–water partition coefficient (Wildman–Crippen LogP) is 5.79. The van der Waals surface area contributed by atoms with Crippen molar-refractivity contribution in [1.82, 2.24) is 9.88 Å². The number of likely N-dealkylation sites (tertiary alicyclic amines) is 1. The number of aliphatic hydroxyl groups is 1. The summed E-state index contributed by atoms with van der Waals surface area (Å²) in [6.45, 7) is 5.06. The summed E-state index contributed by atoms with van der Waals surface area (Å²) in [5.74, 6) is 0.0929. The maximum atomic E-state index is 13.9. The van der Waals surface area contributed by atoms with Crippen LogP contribution in [-0.4, -0.2) is 34.0 Å². The van der Waals surface area contributed by atoms with E-state index in [1.165, 1.54) is 30.7 Å². The van der Waals surface area contributed by atoms with Gasteiger partial charge in [-0.2, -0.15) is 0 Å². The fourth-order valence-electron chi connectivity index (χ4n) is 4.71. The molecule has 1 saturated carbocycles. The number of carbonyl (C=O) groups is 1. The van der Waals surface area contributed by atoms with Crippen molar-refractivity contribution >= 4 is 29.3 Å². The van der Waals surface area contributed by atoms with Crippen molar-refractivity contribution in [2.45, 2.75) is 58.6 Å². The number of rotatable bonds is 5. The van der Waals surface area contributed by atoms with Gasteiger partial charge in [-0.3, -0.25) is 9.78 Å². The molecule has 1 aromatic heterocycles. The average Bonchev–Trinajstić information content (AvgIpc) is 3.34. The summed E-state index contributed by atoms with van der Waals surface area (Å²) >= 11 is 6.38. The van der Waals surface area contributed by atoms with Gasteiger partial charge in [-0.05, 0) is 68.9 Å². The number of aromatic nitrogens is 1. The molecule has 5 nitrogen and oxygen atoms in total. The van der Waals surface area contributed by atoms with Crippen LogP contribution < -0.4 is 5.32 Å². The second-order valence-electron chi connectivity index (χ2n) is 9.16. The average molecular weight is 472 g/mol. The van der Waals surface area contributed by atoms with Crippen molar-refractivity contribution in [2.24, 2.45) is 5.92 Å². The zero-order valence-corrected chi connectivity index (χ0v) is 20.0. The van der Waals surface area contributed by atoms with Gasteiger partial charge in [-0.25, -0.2) is 4.39 Å². The van der Waals surface area contributed by atoms with Gasteiger partial charge in [0.15, 0.2) is 6.23 Å². The van der Waals surface area contributed by atoms with Crippen LogP contribution in [0.15, 0.2) is 30.0 Å². The Morgan fingerprint density at radius 3 is 2.61 bits per heavy atom. The van der Waals surface area contributed by atoms with Crippen LogP contribution in [-0.2, 0) is 4.79 Å². The molecule has 2 fully saturated rings. The molecule has 7 heteroatoms. The van der Waals surface area contributed by atoms with Crippen molar-refractivity contribution in [3.63, 3.8) is 0 Å². The summed E-state index contributed by atoms with van der Waals surface area (Å²) in [6, 6.07) is 4.94. The van der Waals surface area contributed by atoms with Crippen LogP contribution in [0.5, 0.6) is 0 Å². The van der Waals surface area contributed by atoms with Gasteiger partial charge in [0.1, 0.15) is 5.82 Å². The molecule has 4 rings (SSSR count). The molecule has 0 spiro atoms. The molecule has 2 N–H and O–H groups in total. The molecule has 0 bridgehead atoms. The number of halogens is 2. The van der Waals surface area contributed by atoms with E-state index < -0.39 is 12.0 Å². The minimum atomic E-state index is -1.12. The van der Waals surface area contributed by atoms with E-state index in [2.05, 4.69) is 16.4 Å². The third-order valence-corrected chi connectivity index (χ3v) is 7.07. The maximum Gasteiger partial charge on any atom is 0.225 e. The molecule has 0 radical (unpaired) electrons. The van der Waals surface area contributed by atoms with Gasteiger partial charge in [0.2, 0.25) is 5.91 Å². The summed E-state index contributed by atoms with van der Waals surface area (Å²) < 4.78 is 13.9. The molecule has 176 valence electrons. The number of benzene rings is 1. The first-order valence-electron chi connectivity index (χ1n) is 11.7. The molecule has 2 aromatic rings. The predicted molar refractivity (Wildman–Crippen MR) is 129 cm³/mol. The molecule has 2 aliphatic rings. The normalized spacial score (nSPS) is 17.8. The highest BCUT2D eigenvalue weighted by Crippen LogP contribution is 2.32. The number of aliphatic hydroxyl groups excluding tert-OH is 1. The fraction of sp³-hybridized carbons (Fsp3) is 0.462. The van der Waals surface area contributed by atoms with Crippen molar-refractivity contribution in [3.8, 4) is 0 Å². The Labute approximate surface area is 199 Å². The minimum Gasteiger partial charge on any atom is -0.369 e. The summed E-state index contributed by atoms with van der Waals surface area (Å²) in [5.41, 5.74) is 4.50. The maximum absolute atomic E-state index is 13.9. The third kappa shape index (κ3) is 5.56. The summed E-state index contributed by atoms with van der Waals surface area (Å²) in [6.07, 6.45) is 8.60. The highest BCUT2D eigenvalue weighted by molar-refractivity contribution is 6.31. The Morgan fingerprint density at radius 2 is 1.94 bits per heavy atom. The van der Waals surface area contributed by atoms with Gasteiger partial charge in [0, 0.05) is 41.5 Å². The van der Waals surface area contributed by atoms with E-state index in [0.29, 0.717) is 22.2 Å². The number of piperidine rings is 1. The van der Waals surface area contributed by atoms with Crippen molar-refractivity contribution in [2.75, 3.05) is 18.4 Å². The van der Waals surface area contributed by atoms with Crippen molar-refractivity contribution in [3.05, 3.63) is 63.2 Å². The molecule has 1 aliphatic carbocycles. The van der Waals surface area contributed by atoms with E-state index in [1.54, 1.807) is 13.0 Å². The lowest BCUT2D eigenvalue weighted by molar-refractivity contribution is -0.135. The molecule has 1 aliphatic heterocycles. The fourth-order valence-corrected chi connectivity index (χ4v) is 4.94. The van der Waals surface area contributed by atoms with Crippen LogP contribution >= 0.6 is 11.6 Å². The summed E-state index contributed by atoms with van der Waals surface area (Å²) in [4.78, 5) is 18.7. The van der Waals surface area contributed by atoms with Gasteiger partial charge in [-0.1, -0.05) is 36.1 Å². The molecule has 1 unspecified atom stereocenters. The van der Waals surface area contributed by atoms with Crippen LogP contribution in [0, 0.1) is 25.6 Å². The summed E-state index contributed by atoms with van der Waals surface area (Å²) in [5, 5.41) is 14.1. The van der Waals surface area contributed by atoms with Crippen molar-refractivity contribution in [1.29, 1.82) is 0 Å². The highest BCUT2D eigenvalue weighted by atomic mass is 35.5. The second kappa shape index (κ2) is 10.2. The number of hydrogen-bond acceptors (Lipinski definition) is 4. The third-order valence-electron chi connectivity index (χ3n) is 6.85. The number of nitrogens with zero attached hydrogens (tertiary/aromatic N) is 2. The lowest BCUT2D eigenvalue weighted by Gasteiger charge is -2.30. The lowest BCUT2D eigenvalue weighted by atomic mass is 9.96. The van der Waals surface area contributed by atoms with Crippen molar-refractivity contribution < 1.29 is 14.3 Å². The molecular weight excluding hydrogens is 441 g/mol. The van der Waals surface area contributed by atoms with Crippen LogP contribution in [0.4, 0.5) is 10.1 Å². The molecule has 1 atom stereocenters. The van der Waals surface area contributed by atoms with Gasteiger partial charge < -0.3 is 15.3 Å². The first kappa shape index (κ1) is 23.7. The molecular formula is C26H31ClFN3O2. The van der Waals surface area contributed by atoms with E-state index >= 15 is 0 Å². The SMILES string of the molecule is Cc1ncc(C(O)Nc2cc(Cl)cc(C=C3CCN(C(=O)C4CCCC4)CC3)c2C)cc1F. The number of carbonyl (C=O) groups excluding carboxylic acids is 1. The van der Waals surface area contributed by atoms with E-state index in [9.17, 15) is 14.3 Å². The minimum absolute atomic E-state index is 0.225. The Bertz CT molecular complexity index is 1060. The lowest BCUT2D eigenvalue weighted by Crippen LogP contribution is -2.39. The topological polar surface area (TPSA) is 65.5 Å². The summed E-state index contributed by atoms with van der Waals surface area (Å²) in [7, 11) is 0. The van der Waals surface area contributed by atoms with Crippen LogP contribution in [0.1, 0.15) is 67.1 Å². The molecule has 2 heterocycles. The van der Waals surface area contributed by atoms with E-state index in [4.69, 9.17) is 11.6 Å².